The van der Waals surface area contributed by atoms with Gasteiger partial charge in [0.25, 0.3) is 0 Å². The number of thiocarbonyl (C=S) groups is 1. The summed E-state index contributed by atoms with van der Waals surface area (Å²) >= 11 is 4.79. The molecule has 0 unspecified atom stereocenters. The minimum absolute atomic E-state index is 0.0916. The van der Waals surface area contributed by atoms with Crippen molar-refractivity contribution in [1.29, 1.82) is 0 Å². The van der Waals surface area contributed by atoms with Gasteiger partial charge in [0, 0.05) is 32.2 Å². The average molecular weight is 322 g/mol. The standard InChI is InChI=1S/C13H14N4O2S2/c1-17(9-10-3-2-6-15-7-10)21(18,19)11-4-5-12(13(14)20)16-8-11/h2-8H,9H2,1H3,(H2,14,20). The summed E-state index contributed by atoms with van der Waals surface area (Å²) in [4.78, 5) is 8.13. The highest BCUT2D eigenvalue weighted by atomic mass is 32.2. The number of hydrogen-bond acceptors (Lipinski definition) is 5. The second-order valence-corrected chi connectivity index (χ2v) is 6.85. The van der Waals surface area contributed by atoms with Crippen molar-refractivity contribution in [1.82, 2.24) is 14.3 Å². The Balaban J connectivity index is 2.22. The van der Waals surface area contributed by atoms with Crippen molar-refractivity contribution in [2.75, 3.05) is 7.05 Å². The zero-order chi connectivity index (χ0) is 15.5. The first-order chi connectivity index (χ1) is 9.91. The fourth-order valence-electron chi connectivity index (χ4n) is 1.69. The lowest BCUT2D eigenvalue weighted by molar-refractivity contribution is 0.466. The van der Waals surface area contributed by atoms with E-state index < -0.39 is 10.0 Å². The Morgan fingerprint density at radius 3 is 2.62 bits per heavy atom. The summed E-state index contributed by atoms with van der Waals surface area (Å²) in [5.74, 6) is 0. The number of sulfonamides is 1. The number of nitrogens with zero attached hydrogens (tertiary/aromatic N) is 3. The van der Waals surface area contributed by atoms with Gasteiger partial charge in [0.15, 0.2) is 0 Å². The SMILES string of the molecule is CN(Cc1cccnc1)S(=O)(=O)c1ccc(C(N)=S)nc1. The summed E-state index contributed by atoms with van der Waals surface area (Å²) in [6.45, 7) is 0.229. The molecule has 0 aromatic carbocycles. The number of hydrogen-bond donors (Lipinski definition) is 1. The van der Waals surface area contributed by atoms with E-state index in [-0.39, 0.29) is 16.4 Å². The lowest BCUT2D eigenvalue weighted by Gasteiger charge is -2.17. The molecule has 0 aliphatic carbocycles. The van der Waals surface area contributed by atoms with E-state index in [4.69, 9.17) is 18.0 Å². The van der Waals surface area contributed by atoms with Crippen molar-refractivity contribution >= 4 is 27.2 Å². The second kappa shape index (κ2) is 6.25. The van der Waals surface area contributed by atoms with E-state index in [0.29, 0.717) is 5.69 Å². The Labute approximate surface area is 128 Å². The van der Waals surface area contributed by atoms with Crippen LogP contribution in [-0.2, 0) is 16.6 Å². The lowest BCUT2D eigenvalue weighted by Crippen LogP contribution is -2.26. The predicted molar refractivity (Wildman–Crippen MR) is 83.0 cm³/mol. The Hall–Kier alpha value is -1.90. The maximum atomic E-state index is 12.4. The van der Waals surface area contributed by atoms with Gasteiger partial charge < -0.3 is 5.73 Å². The van der Waals surface area contributed by atoms with Crippen LogP contribution in [0.25, 0.3) is 0 Å². The molecule has 0 bridgehead atoms. The van der Waals surface area contributed by atoms with Crippen LogP contribution < -0.4 is 5.73 Å². The third-order valence-corrected chi connectivity index (χ3v) is 4.82. The maximum Gasteiger partial charge on any atom is 0.244 e. The zero-order valence-corrected chi connectivity index (χ0v) is 12.9. The van der Waals surface area contributed by atoms with Gasteiger partial charge in [-0.2, -0.15) is 4.31 Å². The topological polar surface area (TPSA) is 89.2 Å². The number of rotatable bonds is 5. The molecular formula is C13H14N4O2S2. The Bertz CT molecular complexity index is 731. The summed E-state index contributed by atoms with van der Waals surface area (Å²) < 4.78 is 26.1. The molecule has 0 aliphatic rings. The number of nitrogens with two attached hydrogens (primary N) is 1. The van der Waals surface area contributed by atoms with Crippen LogP contribution in [-0.4, -0.2) is 34.7 Å². The summed E-state index contributed by atoms with van der Waals surface area (Å²) in [5.41, 5.74) is 6.63. The van der Waals surface area contributed by atoms with Gasteiger partial charge in [-0.1, -0.05) is 18.3 Å². The summed E-state index contributed by atoms with van der Waals surface area (Å²) in [6.07, 6.45) is 4.51. The Morgan fingerprint density at radius 2 is 2.10 bits per heavy atom. The molecule has 0 spiro atoms. The first kappa shape index (κ1) is 15.5. The van der Waals surface area contributed by atoms with E-state index in [1.54, 1.807) is 18.5 Å². The second-order valence-electron chi connectivity index (χ2n) is 4.37. The largest absolute Gasteiger partial charge is 0.388 e. The fraction of sp³-hybridized carbons (Fsp3) is 0.154. The van der Waals surface area contributed by atoms with E-state index in [9.17, 15) is 8.42 Å². The monoisotopic (exact) mass is 322 g/mol. The molecule has 21 heavy (non-hydrogen) atoms. The van der Waals surface area contributed by atoms with Crippen molar-refractivity contribution in [3.63, 3.8) is 0 Å². The van der Waals surface area contributed by atoms with Gasteiger partial charge in [-0.05, 0) is 23.8 Å². The van der Waals surface area contributed by atoms with Crippen molar-refractivity contribution in [3.8, 4) is 0 Å². The molecule has 2 aromatic rings. The third kappa shape index (κ3) is 3.60. The average Bonchev–Trinajstić information content (AvgIpc) is 2.48. The van der Waals surface area contributed by atoms with Gasteiger partial charge in [0.1, 0.15) is 9.88 Å². The molecule has 2 rings (SSSR count). The van der Waals surface area contributed by atoms with E-state index in [1.807, 2.05) is 6.07 Å². The molecule has 110 valence electrons. The normalized spacial score (nSPS) is 11.5. The first-order valence-corrected chi connectivity index (χ1v) is 7.87. The predicted octanol–water partition coefficient (Wildman–Crippen LogP) is 0.932. The molecule has 0 saturated heterocycles. The first-order valence-electron chi connectivity index (χ1n) is 6.02. The molecule has 0 aliphatic heterocycles. The van der Waals surface area contributed by atoms with Crippen molar-refractivity contribution in [3.05, 3.63) is 54.1 Å². The molecule has 0 amide bonds. The molecule has 0 saturated carbocycles. The van der Waals surface area contributed by atoms with Crippen molar-refractivity contribution in [2.45, 2.75) is 11.4 Å². The highest BCUT2D eigenvalue weighted by Gasteiger charge is 2.21. The third-order valence-electron chi connectivity index (χ3n) is 2.83. The van der Waals surface area contributed by atoms with Gasteiger partial charge in [-0.15, -0.1) is 0 Å². The molecule has 2 aromatic heterocycles. The van der Waals surface area contributed by atoms with E-state index in [0.717, 1.165) is 5.56 Å². The highest BCUT2D eigenvalue weighted by Crippen LogP contribution is 2.15. The van der Waals surface area contributed by atoms with Gasteiger partial charge >= 0.3 is 0 Å². The Kier molecular flexibility index (Phi) is 4.61. The van der Waals surface area contributed by atoms with Crippen LogP contribution in [0.2, 0.25) is 0 Å². The molecular weight excluding hydrogens is 308 g/mol. The van der Waals surface area contributed by atoms with Crippen LogP contribution in [0.4, 0.5) is 0 Å². The fourth-order valence-corrected chi connectivity index (χ4v) is 2.92. The van der Waals surface area contributed by atoms with Crippen LogP contribution >= 0.6 is 12.2 Å². The molecule has 8 heteroatoms. The number of pyridine rings is 2. The van der Waals surface area contributed by atoms with E-state index >= 15 is 0 Å². The van der Waals surface area contributed by atoms with Crippen LogP contribution in [0, 0.1) is 0 Å². The summed E-state index contributed by atoms with van der Waals surface area (Å²) in [6, 6.07) is 6.51. The quantitative estimate of drug-likeness (QED) is 0.824. The summed E-state index contributed by atoms with van der Waals surface area (Å²) in [5, 5.41) is 0. The zero-order valence-electron chi connectivity index (χ0n) is 11.3. The lowest BCUT2D eigenvalue weighted by atomic mass is 10.3. The van der Waals surface area contributed by atoms with Crippen LogP contribution in [0.3, 0.4) is 0 Å². The molecule has 2 heterocycles. The highest BCUT2D eigenvalue weighted by molar-refractivity contribution is 7.89. The van der Waals surface area contributed by atoms with E-state index in [1.165, 1.54) is 29.7 Å². The molecule has 2 N–H and O–H groups in total. The van der Waals surface area contributed by atoms with Crippen LogP contribution in [0.1, 0.15) is 11.3 Å². The molecule has 0 fully saturated rings. The van der Waals surface area contributed by atoms with Gasteiger partial charge in [-0.25, -0.2) is 8.42 Å². The molecule has 0 radical (unpaired) electrons. The van der Waals surface area contributed by atoms with Crippen LogP contribution in [0.15, 0.2) is 47.8 Å². The van der Waals surface area contributed by atoms with Gasteiger partial charge in [0.05, 0.1) is 5.69 Å². The number of aromatic nitrogens is 2. The van der Waals surface area contributed by atoms with Crippen molar-refractivity contribution < 1.29 is 8.42 Å². The van der Waals surface area contributed by atoms with E-state index in [2.05, 4.69) is 9.97 Å². The van der Waals surface area contributed by atoms with Crippen LogP contribution in [0.5, 0.6) is 0 Å². The smallest absolute Gasteiger partial charge is 0.244 e. The van der Waals surface area contributed by atoms with Gasteiger partial charge in [0.2, 0.25) is 10.0 Å². The minimum atomic E-state index is -3.62. The summed E-state index contributed by atoms with van der Waals surface area (Å²) in [7, 11) is -2.12. The Morgan fingerprint density at radius 1 is 1.33 bits per heavy atom. The van der Waals surface area contributed by atoms with Crippen molar-refractivity contribution in [2.24, 2.45) is 5.73 Å². The maximum absolute atomic E-state index is 12.4. The minimum Gasteiger partial charge on any atom is -0.388 e. The molecule has 0 atom stereocenters. The molecule has 6 nitrogen and oxygen atoms in total. The van der Waals surface area contributed by atoms with Gasteiger partial charge in [-0.3, -0.25) is 9.97 Å².